The van der Waals surface area contributed by atoms with Crippen molar-refractivity contribution in [3.05, 3.63) is 57.8 Å². The highest BCUT2D eigenvalue weighted by Crippen LogP contribution is 2.66. The summed E-state index contributed by atoms with van der Waals surface area (Å²) >= 11 is 1.53. The zero-order valence-electron chi connectivity index (χ0n) is 14.1. The van der Waals surface area contributed by atoms with Crippen LogP contribution in [-0.2, 0) is 15.0 Å². The molecule has 0 atom stereocenters. The molecule has 2 saturated carbocycles. The first-order valence-electron chi connectivity index (χ1n) is 8.79. The maximum absolute atomic E-state index is 13.1. The van der Waals surface area contributed by atoms with Gasteiger partial charge in [0, 0.05) is 4.88 Å². The smallest absolute Gasteiger partial charge is 0.329 e. The van der Waals surface area contributed by atoms with Gasteiger partial charge in [0.1, 0.15) is 5.41 Å². The van der Waals surface area contributed by atoms with E-state index >= 15 is 0 Å². The fourth-order valence-corrected chi connectivity index (χ4v) is 5.56. The fourth-order valence-electron chi connectivity index (χ4n) is 4.65. The molecule has 132 valence electrons. The van der Waals surface area contributed by atoms with Gasteiger partial charge in [-0.05, 0) is 54.7 Å². The molecule has 6 heteroatoms. The molecule has 2 aliphatic carbocycles. The Hall–Kier alpha value is -2.47. The largest absolute Gasteiger partial charge is 0.344 e. The van der Waals surface area contributed by atoms with Gasteiger partial charge in [-0.3, -0.25) is 9.59 Å². The van der Waals surface area contributed by atoms with Crippen LogP contribution in [0.3, 0.4) is 0 Å². The van der Waals surface area contributed by atoms with Crippen LogP contribution in [0.4, 0.5) is 0 Å². The molecule has 0 unspecified atom stereocenters. The highest BCUT2D eigenvalue weighted by Gasteiger charge is 2.63. The standard InChI is InChI=1S/C20H17NO4S/c22-16-13-5-1-2-6-14(13)17(23)21(16)25-18(24)20(15-7-3-10-26-15)11-19(12-20)8-4-9-19/h1-3,5-7,10H,4,8-9,11-12H2. The van der Waals surface area contributed by atoms with E-state index in [9.17, 15) is 14.4 Å². The number of fused-ring (bicyclic) bond motifs is 1. The number of carbonyl (C=O) groups is 3. The second kappa shape index (κ2) is 5.27. The number of benzene rings is 1. The van der Waals surface area contributed by atoms with Crippen molar-refractivity contribution in [2.45, 2.75) is 37.5 Å². The van der Waals surface area contributed by atoms with Crippen molar-refractivity contribution in [1.29, 1.82) is 0 Å². The Morgan fingerprint density at radius 1 is 1.00 bits per heavy atom. The predicted octanol–water partition coefficient (Wildman–Crippen LogP) is 3.70. The number of hydroxylamine groups is 2. The molecular weight excluding hydrogens is 350 g/mol. The third-order valence-corrected chi connectivity index (χ3v) is 7.16. The van der Waals surface area contributed by atoms with E-state index in [1.54, 1.807) is 24.3 Å². The molecule has 2 fully saturated rings. The van der Waals surface area contributed by atoms with E-state index in [4.69, 9.17) is 4.84 Å². The van der Waals surface area contributed by atoms with Crippen molar-refractivity contribution in [3.63, 3.8) is 0 Å². The summed E-state index contributed by atoms with van der Waals surface area (Å²) in [5.74, 6) is -1.64. The second-order valence-electron chi connectivity index (χ2n) is 7.60. The molecule has 5 nitrogen and oxygen atoms in total. The Morgan fingerprint density at radius 2 is 1.65 bits per heavy atom. The van der Waals surface area contributed by atoms with Gasteiger partial charge in [-0.1, -0.05) is 29.7 Å². The Balaban J connectivity index is 1.43. The van der Waals surface area contributed by atoms with Gasteiger partial charge in [-0.15, -0.1) is 11.3 Å². The van der Waals surface area contributed by atoms with E-state index in [0.717, 1.165) is 30.6 Å². The molecule has 0 bridgehead atoms. The summed E-state index contributed by atoms with van der Waals surface area (Å²) < 4.78 is 0. The summed E-state index contributed by atoms with van der Waals surface area (Å²) in [5.41, 5.74) is 0.0636. The molecule has 1 spiro atoms. The number of nitrogens with zero attached hydrogens (tertiary/aromatic N) is 1. The first-order valence-corrected chi connectivity index (χ1v) is 9.67. The summed E-state index contributed by atoms with van der Waals surface area (Å²) in [5, 5.41) is 2.58. The molecule has 2 amide bonds. The maximum Gasteiger partial charge on any atom is 0.344 e. The summed E-state index contributed by atoms with van der Waals surface area (Å²) in [4.78, 5) is 44.5. The van der Waals surface area contributed by atoms with Crippen molar-refractivity contribution in [1.82, 2.24) is 5.06 Å². The lowest BCUT2D eigenvalue weighted by atomic mass is 9.45. The minimum atomic E-state index is -0.732. The zero-order chi connectivity index (χ0) is 17.9. The minimum Gasteiger partial charge on any atom is -0.329 e. The van der Waals surface area contributed by atoms with Crippen LogP contribution in [0.15, 0.2) is 41.8 Å². The Labute approximate surface area is 154 Å². The Bertz CT molecular complexity index is 886. The molecule has 26 heavy (non-hydrogen) atoms. The van der Waals surface area contributed by atoms with Crippen LogP contribution in [0.2, 0.25) is 0 Å². The summed E-state index contributed by atoms with van der Waals surface area (Å²) in [6.45, 7) is 0. The van der Waals surface area contributed by atoms with Crippen molar-refractivity contribution in [2.24, 2.45) is 5.41 Å². The summed E-state index contributed by atoms with van der Waals surface area (Å²) in [7, 11) is 0. The topological polar surface area (TPSA) is 63.7 Å². The number of thiophene rings is 1. The number of carbonyl (C=O) groups excluding carboxylic acids is 3. The summed E-state index contributed by atoms with van der Waals surface area (Å²) in [6.07, 6.45) is 4.96. The number of imide groups is 1. The molecule has 2 heterocycles. The SMILES string of the molecule is O=C1c2ccccc2C(=O)N1OC(=O)C1(c2cccs2)CC2(CCC2)C1. The Morgan fingerprint density at radius 3 is 2.15 bits per heavy atom. The average Bonchev–Trinajstić information content (AvgIpc) is 3.18. The van der Waals surface area contributed by atoms with Crippen LogP contribution in [0.1, 0.15) is 57.7 Å². The van der Waals surface area contributed by atoms with Crippen LogP contribution in [0.5, 0.6) is 0 Å². The van der Waals surface area contributed by atoms with Gasteiger partial charge < -0.3 is 4.84 Å². The van der Waals surface area contributed by atoms with Gasteiger partial charge in [-0.25, -0.2) is 4.79 Å². The van der Waals surface area contributed by atoms with Crippen molar-refractivity contribution < 1.29 is 19.2 Å². The lowest BCUT2D eigenvalue weighted by Gasteiger charge is -2.59. The van der Waals surface area contributed by atoms with Crippen LogP contribution in [0, 0.1) is 5.41 Å². The number of hydrogen-bond donors (Lipinski definition) is 0. The quantitative estimate of drug-likeness (QED) is 0.776. The molecule has 1 aromatic heterocycles. The highest BCUT2D eigenvalue weighted by atomic mass is 32.1. The summed E-state index contributed by atoms with van der Waals surface area (Å²) in [6, 6.07) is 10.4. The van der Waals surface area contributed by atoms with E-state index in [0.29, 0.717) is 5.06 Å². The molecule has 1 aromatic carbocycles. The van der Waals surface area contributed by atoms with E-state index in [1.807, 2.05) is 17.5 Å². The Kier molecular flexibility index (Phi) is 3.19. The van der Waals surface area contributed by atoms with Crippen LogP contribution in [0.25, 0.3) is 0 Å². The van der Waals surface area contributed by atoms with Crippen LogP contribution < -0.4 is 0 Å². The molecule has 0 N–H and O–H groups in total. The number of hydrogen-bond acceptors (Lipinski definition) is 5. The lowest BCUT2D eigenvalue weighted by Crippen LogP contribution is -2.58. The number of amides is 2. The van der Waals surface area contributed by atoms with Crippen molar-refractivity contribution >= 4 is 29.1 Å². The van der Waals surface area contributed by atoms with Crippen LogP contribution in [-0.4, -0.2) is 22.8 Å². The monoisotopic (exact) mass is 367 g/mol. The van der Waals surface area contributed by atoms with E-state index in [-0.39, 0.29) is 16.5 Å². The van der Waals surface area contributed by atoms with E-state index < -0.39 is 23.2 Å². The third-order valence-electron chi connectivity index (χ3n) is 6.08. The second-order valence-corrected chi connectivity index (χ2v) is 8.54. The zero-order valence-corrected chi connectivity index (χ0v) is 14.9. The molecule has 3 aliphatic rings. The minimum absolute atomic E-state index is 0.241. The van der Waals surface area contributed by atoms with Gasteiger partial charge in [-0.2, -0.15) is 0 Å². The molecule has 0 saturated heterocycles. The maximum atomic E-state index is 13.1. The van der Waals surface area contributed by atoms with Gasteiger partial charge in [0.05, 0.1) is 11.1 Å². The van der Waals surface area contributed by atoms with E-state index in [1.165, 1.54) is 17.8 Å². The molecular formula is C20H17NO4S. The van der Waals surface area contributed by atoms with Gasteiger partial charge in [0.25, 0.3) is 11.8 Å². The van der Waals surface area contributed by atoms with Gasteiger partial charge in [0.2, 0.25) is 0 Å². The van der Waals surface area contributed by atoms with Gasteiger partial charge >= 0.3 is 5.97 Å². The fraction of sp³-hybridized carbons (Fsp3) is 0.350. The predicted molar refractivity (Wildman–Crippen MR) is 94.5 cm³/mol. The highest BCUT2D eigenvalue weighted by molar-refractivity contribution is 7.10. The first kappa shape index (κ1) is 15.8. The normalized spacial score (nSPS) is 21.9. The van der Waals surface area contributed by atoms with Crippen molar-refractivity contribution in [2.75, 3.05) is 0 Å². The van der Waals surface area contributed by atoms with Crippen molar-refractivity contribution in [3.8, 4) is 0 Å². The van der Waals surface area contributed by atoms with Crippen LogP contribution >= 0.6 is 11.3 Å². The molecule has 0 radical (unpaired) electrons. The number of rotatable bonds is 3. The molecule has 5 rings (SSSR count). The van der Waals surface area contributed by atoms with Gasteiger partial charge in [0.15, 0.2) is 0 Å². The first-order chi connectivity index (χ1) is 12.5. The third kappa shape index (κ3) is 1.99. The molecule has 1 aliphatic heterocycles. The average molecular weight is 367 g/mol. The van der Waals surface area contributed by atoms with E-state index in [2.05, 4.69) is 0 Å². The lowest BCUT2D eigenvalue weighted by molar-refractivity contribution is -0.190. The molecule has 2 aromatic rings.